The van der Waals surface area contributed by atoms with Crippen LogP contribution in [0.2, 0.25) is 0 Å². The Balaban J connectivity index is 2.09. The Kier molecular flexibility index (Phi) is 3.38. The van der Waals surface area contributed by atoms with Crippen LogP contribution in [0.5, 0.6) is 0 Å². The molecule has 3 rings (SSSR count). The van der Waals surface area contributed by atoms with Crippen molar-refractivity contribution in [3.63, 3.8) is 0 Å². The van der Waals surface area contributed by atoms with Crippen molar-refractivity contribution >= 4 is 10.9 Å². The molecule has 0 saturated carbocycles. The number of hydrogen-bond acceptors (Lipinski definition) is 2. The maximum Gasteiger partial charge on any atom is 0.0484 e. The Bertz CT molecular complexity index is 676. The molecule has 2 heterocycles. The Hall–Kier alpha value is -1.32. The average molecular weight is 285 g/mol. The second-order valence-electron chi connectivity index (χ2n) is 7.38. The SMILES string of the molecule is CCC(N)c1cn(C)c2cc3c(cc12)CN(C(C)(C)C)C3. The third kappa shape index (κ3) is 2.39. The van der Waals surface area contributed by atoms with Crippen molar-refractivity contribution in [3.05, 3.63) is 35.0 Å². The second kappa shape index (κ2) is 4.85. The van der Waals surface area contributed by atoms with Crippen LogP contribution < -0.4 is 5.73 Å². The van der Waals surface area contributed by atoms with E-state index in [9.17, 15) is 0 Å². The molecule has 21 heavy (non-hydrogen) atoms. The van der Waals surface area contributed by atoms with Gasteiger partial charge in [0.2, 0.25) is 0 Å². The predicted molar refractivity (Wildman–Crippen MR) is 89.1 cm³/mol. The molecule has 1 aliphatic heterocycles. The van der Waals surface area contributed by atoms with Gasteiger partial charge in [0, 0.05) is 48.8 Å². The molecule has 0 bridgehead atoms. The number of rotatable bonds is 2. The molecular formula is C18H27N3. The summed E-state index contributed by atoms with van der Waals surface area (Å²) in [4.78, 5) is 2.54. The zero-order valence-corrected chi connectivity index (χ0v) is 13.9. The van der Waals surface area contributed by atoms with Crippen LogP contribution in [0.4, 0.5) is 0 Å². The molecule has 0 aliphatic carbocycles. The standard InChI is InChI=1S/C18H27N3/c1-6-16(19)15-11-20(5)17-8-13-10-21(18(2,3)4)9-12(13)7-14(15)17/h7-8,11,16H,6,9-10,19H2,1-5H3. The monoisotopic (exact) mass is 285 g/mol. The van der Waals surface area contributed by atoms with Gasteiger partial charge in [-0.05, 0) is 56.0 Å². The molecule has 0 spiro atoms. The zero-order chi connectivity index (χ0) is 15.4. The van der Waals surface area contributed by atoms with Crippen molar-refractivity contribution in [3.8, 4) is 0 Å². The molecule has 114 valence electrons. The molecule has 0 saturated heterocycles. The molecule has 0 amide bonds. The highest BCUT2D eigenvalue weighted by Gasteiger charge is 2.29. The van der Waals surface area contributed by atoms with E-state index in [1.54, 1.807) is 0 Å². The summed E-state index contributed by atoms with van der Waals surface area (Å²) in [5.74, 6) is 0. The van der Waals surface area contributed by atoms with Crippen LogP contribution in [0.25, 0.3) is 10.9 Å². The van der Waals surface area contributed by atoms with Gasteiger partial charge in [-0.2, -0.15) is 0 Å². The molecule has 1 unspecified atom stereocenters. The van der Waals surface area contributed by atoms with Crippen LogP contribution in [0.3, 0.4) is 0 Å². The van der Waals surface area contributed by atoms with E-state index in [-0.39, 0.29) is 11.6 Å². The largest absolute Gasteiger partial charge is 0.350 e. The van der Waals surface area contributed by atoms with E-state index in [2.05, 4.69) is 62.5 Å². The Morgan fingerprint density at radius 2 is 1.81 bits per heavy atom. The molecule has 3 nitrogen and oxygen atoms in total. The summed E-state index contributed by atoms with van der Waals surface area (Å²) in [6.45, 7) is 11.1. The number of nitrogens with two attached hydrogens (primary N) is 1. The number of aryl methyl sites for hydroxylation is 1. The van der Waals surface area contributed by atoms with Gasteiger partial charge >= 0.3 is 0 Å². The Morgan fingerprint density at radius 3 is 2.38 bits per heavy atom. The zero-order valence-electron chi connectivity index (χ0n) is 13.9. The lowest BCUT2D eigenvalue weighted by atomic mass is 10.0. The highest BCUT2D eigenvalue weighted by atomic mass is 15.2. The van der Waals surface area contributed by atoms with Crippen LogP contribution in [0.15, 0.2) is 18.3 Å². The molecule has 0 radical (unpaired) electrons. The molecule has 0 fully saturated rings. The number of aromatic nitrogens is 1. The van der Waals surface area contributed by atoms with Gasteiger partial charge in [-0.25, -0.2) is 0 Å². The maximum absolute atomic E-state index is 6.29. The van der Waals surface area contributed by atoms with E-state index >= 15 is 0 Å². The number of fused-ring (bicyclic) bond motifs is 2. The smallest absolute Gasteiger partial charge is 0.0484 e. The fraction of sp³-hybridized carbons (Fsp3) is 0.556. The van der Waals surface area contributed by atoms with Crippen LogP contribution in [0.1, 0.15) is 56.8 Å². The molecule has 1 aromatic carbocycles. The van der Waals surface area contributed by atoms with Crippen molar-refractivity contribution < 1.29 is 0 Å². The fourth-order valence-electron chi connectivity index (χ4n) is 3.30. The third-order valence-electron chi connectivity index (χ3n) is 4.85. The lowest BCUT2D eigenvalue weighted by Gasteiger charge is -2.31. The van der Waals surface area contributed by atoms with E-state index in [0.717, 1.165) is 19.5 Å². The van der Waals surface area contributed by atoms with Gasteiger partial charge in [-0.3, -0.25) is 4.90 Å². The first-order chi connectivity index (χ1) is 9.81. The van der Waals surface area contributed by atoms with Crippen molar-refractivity contribution in [2.75, 3.05) is 0 Å². The number of nitrogens with zero attached hydrogens (tertiary/aromatic N) is 2. The summed E-state index contributed by atoms with van der Waals surface area (Å²) in [6.07, 6.45) is 3.18. The fourth-order valence-corrected chi connectivity index (χ4v) is 3.30. The van der Waals surface area contributed by atoms with E-state index < -0.39 is 0 Å². The van der Waals surface area contributed by atoms with E-state index in [1.165, 1.54) is 27.6 Å². The minimum Gasteiger partial charge on any atom is -0.350 e. The molecule has 1 atom stereocenters. The van der Waals surface area contributed by atoms with Crippen LogP contribution in [-0.2, 0) is 20.1 Å². The van der Waals surface area contributed by atoms with Gasteiger partial charge in [-0.1, -0.05) is 6.92 Å². The van der Waals surface area contributed by atoms with Gasteiger partial charge in [-0.15, -0.1) is 0 Å². The summed E-state index contributed by atoms with van der Waals surface area (Å²) >= 11 is 0. The highest BCUT2D eigenvalue weighted by molar-refractivity contribution is 5.86. The van der Waals surface area contributed by atoms with Crippen molar-refractivity contribution in [2.45, 2.75) is 58.8 Å². The van der Waals surface area contributed by atoms with Gasteiger partial charge in [0.05, 0.1) is 0 Å². The van der Waals surface area contributed by atoms with Crippen LogP contribution in [0, 0.1) is 0 Å². The molecule has 2 aromatic rings. The van der Waals surface area contributed by atoms with Crippen molar-refractivity contribution in [1.29, 1.82) is 0 Å². The summed E-state index contributed by atoms with van der Waals surface area (Å²) in [5.41, 5.74) is 12.0. The summed E-state index contributed by atoms with van der Waals surface area (Å²) in [5, 5.41) is 1.33. The van der Waals surface area contributed by atoms with Crippen LogP contribution >= 0.6 is 0 Å². The molecule has 1 aromatic heterocycles. The minimum atomic E-state index is 0.131. The van der Waals surface area contributed by atoms with Gasteiger partial charge < -0.3 is 10.3 Å². The Labute approximate surface area is 127 Å². The first-order valence-electron chi connectivity index (χ1n) is 7.92. The van der Waals surface area contributed by atoms with Crippen molar-refractivity contribution in [2.24, 2.45) is 12.8 Å². The van der Waals surface area contributed by atoms with Crippen molar-refractivity contribution in [1.82, 2.24) is 9.47 Å². The summed E-state index contributed by atoms with van der Waals surface area (Å²) in [7, 11) is 2.12. The van der Waals surface area contributed by atoms with Crippen LogP contribution in [-0.4, -0.2) is 15.0 Å². The highest BCUT2D eigenvalue weighted by Crippen LogP contribution is 2.35. The molecule has 2 N–H and O–H groups in total. The first kappa shape index (κ1) is 14.6. The Morgan fingerprint density at radius 1 is 1.19 bits per heavy atom. The topological polar surface area (TPSA) is 34.2 Å². The summed E-state index contributed by atoms with van der Waals surface area (Å²) < 4.78 is 2.22. The van der Waals surface area contributed by atoms with E-state index in [4.69, 9.17) is 5.73 Å². The first-order valence-corrected chi connectivity index (χ1v) is 7.92. The predicted octanol–water partition coefficient (Wildman–Crippen LogP) is 3.70. The van der Waals surface area contributed by atoms with Gasteiger partial charge in [0.15, 0.2) is 0 Å². The lowest BCUT2D eigenvalue weighted by molar-refractivity contribution is 0.136. The lowest BCUT2D eigenvalue weighted by Crippen LogP contribution is -2.36. The molecule has 1 aliphatic rings. The van der Waals surface area contributed by atoms with Gasteiger partial charge in [0.25, 0.3) is 0 Å². The van der Waals surface area contributed by atoms with Gasteiger partial charge in [0.1, 0.15) is 0 Å². The quantitative estimate of drug-likeness (QED) is 0.913. The maximum atomic E-state index is 6.29. The normalized spacial score (nSPS) is 17.4. The van der Waals surface area contributed by atoms with E-state index in [0.29, 0.717) is 0 Å². The number of benzene rings is 1. The second-order valence-corrected chi connectivity index (χ2v) is 7.38. The third-order valence-corrected chi connectivity index (χ3v) is 4.85. The molecule has 3 heteroatoms. The molecular weight excluding hydrogens is 258 g/mol. The number of hydrogen-bond donors (Lipinski definition) is 1. The average Bonchev–Trinajstić information content (AvgIpc) is 2.97. The summed E-state index contributed by atoms with van der Waals surface area (Å²) in [6, 6.07) is 4.87. The van der Waals surface area contributed by atoms with E-state index in [1.807, 2.05) is 0 Å². The minimum absolute atomic E-state index is 0.131.